The second-order valence-corrected chi connectivity index (χ2v) is 19.1. The Morgan fingerprint density at radius 3 is 1.74 bits per heavy atom. The molecule has 1 heterocycles. The number of Topliss-reactive ketones (excluding diaryl/α,β-unsaturated/α-hetero) is 1. The van der Waals surface area contributed by atoms with E-state index in [0.29, 0.717) is 31.5 Å². The highest BCUT2D eigenvalue weighted by molar-refractivity contribution is 5.93. The van der Waals surface area contributed by atoms with E-state index in [1.54, 1.807) is 4.90 Å². The topological polar surface area (TPSA) is 154 Å². The van der Waals surface area contributed by atoms with Crippen LogP contribution in [0.25, 0.3) is 0 Å². The number of hydrogen-bond acceptors (Lipinski definition) is 7. The fraction of sp³-hybridized carbons (Fsp3) is 0.891. The third-order valence-electron chi connectivity index (χ3n) is 12.7. The summed E-state index contributed by atoms with van der Waals surface area (Å²) in [5.74, 6) is 1.02. The molecule has 2 spiro atoms. The smallest absolute Gasteiger partial charge is 0.246 e. The maximum Gasteiger partial charge on any atom is 0.246 e. The number of ketones is 1. The highest BCUT2D eigenvalue weighted by Crippen LogP contribution is 2.88. The average Bonchev–Trinajstić information content (AvgIpc) is 3.96. The molecule has 1 aliphatic heterocycles. The number of carbonyl (C=O) groups is 5. The van der Waals surface area contributed by atoms with Crippen molar-refractivity contribution < 1.29 is 24.0 Å². The van der Waals surface area contributed by atoms with Crippen molar-refractivity contribution >= 4 is 30.4 Å². The molecule has 4 amide bonds. The Bertz CT molecular complexity index is 1190. The van der Waals surface area contributed by atoms with E-state index < -0.39 is 17.5 Å². The number of rotatable bonds is 12. The predicted molar refractivity (Wildman–Crippen MR) is 237 cm³/mol. The first-order chi connectivity index (χ1) is 26.7. The molecule has 11 heteroatoms. The van der Waals surface area contributed by atoms with Crippen molar-refractivity contribution in [3.05, 3.63) is 0 Å². The second kappa shape index (κ2) is 25.8. The van der Waals surface area contributed by atoms with Crippen LogP contribution in [0.1, 0.15) is 174 Å². The molecule has 0 aromatic carbocycles. The summed E-state index contributed by atoms with van der Waals surface area (Å²) in [6, 6.07) is -0.357. The van der Waals surface area contributed by atoms with Gasteiger partial charge in [-0.05, 0) is 100 Å². The number of amides is 4. The van der Waals surface area contributed by atoms with Crippen molar-refractivity contribution in [2.45, 2.75) is 198 Å². The molecule has 5 aliphatic rings. The van der Waals surface area contributed by atoms with Gasteiger partial charge in [-0.2, -0.15) is 0 Å². The molecule has 11 nitrogen and oxygen atoms in total. The second-order valence-electron chi connectivity index (χ2n) is 19.1. The van der Waals surface area contributed by atoms with Crippen LogP contribution in [0.4, 0.5) is 0 Å². The minimum absolute atomic E-state index is 0.0335. The highest BCUT2D eigenvalue weighted by atomic mass is 16.2. The molecular formula is C46H90N6O5. The van der Waals surface area contributed by atoms with Crippen LogP contribution in [-0.2, 0) is 24.0 Å². The van der Waals surface area contributed by atoms with E-state index in [9.17, 15) is 24.0 Å². The Hall–Kier alpha value is -2.53. The lowest BCUT2D eigenvalue weighted by molar-refractivity contribution is -0.143. The van der Waals surface area contributed by atoms with Crippen molar-refractivity contribution in [1.29, 1.82) is 0 Å². The maximum atomic E-state index is 13.5. The molecule has 4 atom stereocenters. The Labute approximate surface area is 349 Å². The molecule has 334 valence electrons. The molecule has 4 aliphatic carbocycles. The summed E-state index contributed by atoms with van der Waals surface area (Å²) < 4.78 is 0. The minimum atomic E-state index is -0.711. The van der Waals surface area contributed by atoms with E-state index >= 15 is 0 Å². The van der Waals surface area contributed by atoms with E-state index in [0.717, 1.165) is 37.6 Å². The molecule has 5 fully saturated rings. The Kier molecular flexibility index (Phi) is 24.7. The molecule has 0 aromatic rings. The lowest BCUT2D eigenvalue weighted by atomic mass is 9.73. The van der Waals surface area contributed by atoms with Gasteiger partial charge in [0.1, 0.15) is 17.9 Å². The molecule has 0 radical (unpaired) electrons. The van der Waals surface area contributed by atoms with Gasteiger partial charge >= 0.3 is 0 Å². The van der Waals surface area contributed by atoms with Crippen LogP contribution >= 0.6 is 0 Å². The summed E-state index contributed by atoms with van der Waals surface area (Å²) >= 11 is 0. The average molecular weight is 807 g/mol. The quantitative estimate of drug-likeness (QED) is 0.149. The number of nitrogens with two attached hydrogens (primary N) is 1. The fourth-order valence-corrected chi connectivity index (χ4v) is 9.08. The van der Waals surface area contributed by atoms with E-state index in [-0.39, 0.29) is 40.4 Å². The van der Waals surface area contributed by atoms with Crippen LogP contribution < -0.4 is 21.7 Å². The number of hydrogen-bond donors (Lipinski definition) is 4. The van der Waals surface area contributed by atoms with Crippen molar-refractivity contribution in [1.82, 2.24) is 25.8 Å². The zero-order chi connectivity index (χ0) is 44.2. The summed E-state index contributed by atoms with van der Waals surface area (Å²) in [6.07, 6.45) is 16.0. The van der Waals surface area contributed by atoms with Crippen molar-refractivity contribution in [3.63, 3.8) is 0 Å². The van der Waals surface area contributed by atoms with Gasteiger partial charge in [0, 0.05) is 30.6 Å². The summed E-state index contributed by atoms with van der Waals surface area (Å²) in [4.78, 5) is 62.6. The van der Waals surface area contributed by atoms with Gasteiger partial charge in [-0.1, -0.05) is 115 Å². The van der Waals surface area contributed by atoms with Crippen LogP contribution in [0.2, 0.25) is 0 Å². The molecule has 5 rings (SSSR count). The van der Waals surface area contributed by atoms with E-state index in [1.807, 2.05) is 34.6 Å². The summed E-state index contributed by atoms with van der Waals surface area (Å²) in [5.41, 5.74) is 5.48. The number of fused-ring (bicyclic) bond motifs is 1. The Balaban J connectivity index is 0.000000902. The molecule has 1 saturated heterocycles. The summed E-state index contributed by atoms with van der Waals surface area (Å²) in [7, 11) is 2.15. The van der Waals surface area contributed by atoms with Crippen molar-refractivity contribution in [3.8, 4) is 0 Å². The largest absolute Gasteiger partial charge is 0.356 e. The summed E-state index contributed by atoms with van der Waals surface area (Å²) in [5, 5.41) is 8.01. The standard InChI is InChI=1S/C22H35N3O4.C8H17N.C7H17N.C4H7NO.C3H8.C2H6/c1-14(27)11-23-17(28)15-10-22(20(5,6)21(22)8-7-9-21)12-25(15)18(29)16(24-13-26)19(2,3)4;1-7(9)8-5-3-2-4-6-8;1-5-8(4)6-7(2)3;6-3-5-4-1-2-4;1-3-2;1-2/h13,15-16H,7-12H2,1-6H3,(H,23,28)(H,24,26);7-8H,2-6,9H2,1H3;7H,5-6H2,1-4H3;3-4H,1-2H2,(H,5,6);3H2,1-2H3;1-2H3/t15?,16-,22?;;;;;/m1...../s1. The predicted octanol–water partition coefficient (Wildman–Crippen LogP) is 7.50. The zero-order valence-electron chi connectivity index (χ0n) is 39.4. The van der Waals surface area contributed by atoms with Gasteiger partial charge < -0.3 is 31.5 Å². The molecule has 3 unspecified atom stereocenters. The molecule has 5 N–H and O–H groups in total. The van der Waals surface area contributed by atoms with Gasteiger partial charge in [-0.25, -0.2) is 0 Å². The SMILES string of the molecule is CC.CC(=O)CNC(=O)C1CC2(CN1C(=O)[C@@H](NC=O)C(C)(C)C)C(C)(C)C21CCC1.CC(N)C1CCCCC1.CCC.CCN(C)CC(C)C.O=CNC1CC1. The first-order valence-electron chi connectivity index (χ1n) is 22.6. The lowest BCUT2D eigenvalue weighted by Crippen LogP contribution is -2.56. The van der Waals surface area contributed by atoms with Gasteiger partial charge in [0.25, 0.3) is 0 Å². The normalized spacial score (nSPS) is 23.4. The summed E-state index contributed by atoms with van der Waals surface area (Å²) in [6.45, 7) is 31.6. The Morgan fingerprint density at radius 2 is 1.44 bits per heavy atom. The van der Waals surface area contributed by atoms with Gasteiger partial charge in [0.15, 0.2) is 0 Å². The maximum absolute atomic E-state index is 13.5. The molecule has 0 aromatic heterocycles. The van der Waals surface area contributed by atoms with Crippen LogP contribution in [0.5, 0.6) is 0 Å². The van der Waals surface area contributed by atoms with E-state index in [2.05, 4.69) is 83.3 Å². The molecule has 4 saturated carbocycles. The van der Waals surface area contributed by atoms with E-state index in [1.165, 1.54) is 71.3 Å². The Morgan fingerprint density at radius 1 is 0.895 bits per heavy atom. The lowest BCUT2D eigenvalue weighted by Gasteiger charge is -2.35. The molecular weight excluding hydrogens is 717 g/mol. The van der Waals surface area contributed by atoms with E-state index in [4.69, 9.17) is 5.73 Å². The number of likely N-dealkylation sites (tertiary alicyclic amines) is 1. The number of nitrogens with zero attached hydrogens (tertiary/aromatic N) is 2. The van der Waals surface area contributed by atoms with Gasteiger partial charge in [-0.3, -0.25) is 24.0 Å². The number of nitrogens with one attached hydrogen (secondary N) is 3. The first-order valence-corrected chi connectivity index (χ1v) is 22.6. The van der Waals surface area contributed by atoms with Crippen LogP contribution in [-0.4, -0.2) is 97.6 Å². The van der Waals surface area contributed by atoms with Crippen LogP contribution in [0.15, 0.2) is 0 Å². The van der Waals surface area contributed by atoms with Crippen LogP contribution in [0, 0.1) is 33.5 Å². The first kappa shape index (κ1) is 54.5. The minimum Gasteiger partial charge on any atom is -0.356 e. The van der Waals surface area contributed by atoms with Gasteiger partial charge in [0.2, 0.25) is 24.6 Å². The third kappa shape index (κ3) is 15.9. The van der Waals surface area contributed by atoms with Gasteiger partial charge in [0.05, 0.1) is 6.54 Å². The van der Waals surface area contributed by atoms with Crippen LogP contribution in [0.3, 0.4) is 0 Å². The zero-order valence-corrected chi connectivity index (χ0v) is 39.4. The monoisotopic (exact) mass is 807 g/mol. The third-order valence-corrected chi connectivity index (χ3v) is 12.7. The van der Waals surface area contributed by atoms with Crippen molar-refractivity contribution in [2.24, 2.45) is 39.2 Å². The molecule has 0 bridgehead atoms. The fourth-order valence-electron chi connectivity index (χ4n) is 9.08. The van der Waals surface area contributed by atoms with Gasteiger partial charge in [-0.15, -0.1) is 0 Å². The molecule has 57 heavy (non-hydrogen) atoms. The highest BCUT2D eigenvalue weighted by Gasteiger charge is 2.85. The van der Waals surface area contributed by atoms with Crippen molar-refractivity contribution in [2.75, 3.05) is 33.2 Å². The number of carbonyl (C=O) groups excluding carboxylic acids is 5.